The molecule has 1 atom stereocenters. The van der Waals surface area contributed by atoms with Crippen LogP contribution in [0.2, 0.25) is 0 Å². The fraction of sp³-hybridized carbons (Fsp3) is 0.364. The van der Waals surface area contributed by atoms with Gasteiger partial charge in [0.2, 0.25) is 11.1 Å². The van der Waals surface area contributed by atoms with E-state index in [0.29, 0.717) is 0 Å². The number of rotatable bonds is 6. The Bertz CT molecular complexity index is 492. The predicted molar refractivity (Wildman–Crippen MR) is 62.0 cm³/mol. The second-order valence-electron chi connectivity index (χ2n) is 3.72. The summed E-state index contributed by atoms with van der Waals surface area (Å²) < 4.78 is 74.2. The molecular formula is C11H10F4O4S. The Morgan fingerprint density at radius 3 is 2.25 bits per heavy atom. The third-order valence-electron chi connectivity index (χ3n) is 2.30. The van der Waals surface area contributed by atoms with Gasteiger partial charge < -0.3 is 9.29 Å². The van der Waals surface area contributed by atoms with Gasteiger partial charge >= 0.3 is 17.1 Å². The van der Waals surface area contributed by atoms with E-state index in [4.69, 9.17) is 4.55 Å². The maximum atomic E-state index is 13.0. The fourth-order valence-corrected chi connectivity index (χ4v) is 1.56. The molecule has 0 bridgehead atoms. The molecule has 20 heavy (non-hydrogen) atoms. The molecule has 1 N–H and O–H groups in total. The van der Waals surface area contributed by atoms with Gasteiger partial charge in [-0.15, -0.1) is 0 Å². The first kappa shape index (κ1) is 16.6. The van der Waals surface area contributed by atoms with Crippen molar-refractivity contribution in [3.05, 3.63) is 35.9 Å². The summed E-state index contributed by atoms with van der Waals surface area (Å²) in [6, 6.07) is 7.35. The van der Waals surface area contributed by atoms with Gasteiger partial charge in [0.25, 0.3) is 0 Å². The van der Waals surface area contributed by atoms with Gasteiger partial charge in [-0.25, -0.2) is 9.00 Å². The highest BCUT2D eigenvalue weighted by Gasteiger charge is 2.60. The molecule has 1 rings (SSSR count). The van der Waals surface area contributed by atoms with Crippen LogP contribution in [0.5, 0.6) is 0 Å². The van der Waals surface area contributed by atoms with Gasteiger partial charge in [0.1, 0.15) is 0 Å². The lowest BCUT2D eigenvalue weighted by atomic mass is 10.2. The Balaban J connectivity index is 2.56. The molecule has 0 aliphatic rings. The summed E-state index contributed by atoms with van der Waals surface area (Å²) in [6.07, 6.45) is -1.56. The first-order chi connectivity index (χ1) is 9.18. The number of carbonyl (C=O) groups is 1. The Morgan fingerprint density at radius 1 is 1.20 bits per heavy atom. The molecular weight excluding hydrogens is 304 g/mol. The van der Waals surface area contributed by atoms with Crippen molar-refractivity contribution in [1.29, 1.82) is 0 Å². The smallest absolute Gasteiger partial charge is 0.406 e. The monoisotopic (exact) mass is 314 g/mol. The largest absolute Gasteiger partial charge is 0.462 e. The highest BCUT2D eigenvalue weighted by Crippen LogP contribution is 2.38. The Kier molecular flexibility index (Phi) is 5.23. The molecule has 1 aromatic carbocycles. The minimum absolute atomic E-state index is 0.0771. The number of benzene rings is 1. The van der Waals surface area contributed by atoms with Crippen LogP contribution >= 0.6 is 0 Å². The van der Waals surface area contributed by atoms with E-state index in [1.165, 1.54) is 24.3 Å². The minimum Gasteiger partial charge on any atom is -0.462 e. The first-order valence-corrected chi connectivity index (χ1v) is 6.38. The molecule has 4 nitrogen and oxygen atoms in total. The van der Waals surface area contributed by atoms with Crippen LogP contribution in [-0.2, 0) is 15.8 Å². The van der Waals surface area contributed by atoms with E-state index in [1.54, 1.807) is 6.07 Å². The zero-order chi connectivity index (χ0) is 15.4. The van der Waals surface area contributed by atoms with Crippen LogP contribution in [-0.4, -0.2) is 32.5 Å². The molecule has 0 amide bonds. The lowest BCUT2D eigenvalue weighted by Crippen LogP contribution is -2.44. The molecule has 1 aromatic rings. The third kappa shape index (κ3) is 3.76. The van der Waals surface area contributed by atoms with Crippen molar-refractivity contribution in [2.75, 3.05) is 6.61 Å². The van der Waals surface area contributed by atoms with Crippen molar-refractivity contribution in [2.24, 2.45) is 0 Å². The Hall–Kier alpha value is -1.48. The topological polar surface area (TPSA) is 63.6 Å². The van der Waals surface area contributed by atoms with E-state index in [-0.39, 0.29) is 5.56 Å². The van der Waals surface area contributed by atoms with E-state index in [1.807, 2.05) is 0 Å². The normalized spacial score (nSPS) is 13.8. The van der Waals surface area contributed by atoms with Crippen molar-refractivity contribution < 1.29 is 35.9 Å². The zero-order valence-electron chi connectivity index (χ0n) is 9.89. The summed E-state index contributed by atoms with van der Waals surface area (Å²) in [5, 5.41) is -5.11. The van der Waals surface area contributed by atoms with Gasteiger partial charge in [-0.05, 0) is 12.1 Å². The van der Waals surface area contributed by atoms with Crippen LogP contribution in [0.15, 0.2) is 30.3 Å². The molecule has 0 radical (unpaired) electrons. The van der Waals surface area contributed by atoms with Crippen molar-refractivity contribution in [1.82, 2.24) is 0 Å². The number of esters is 1. The van der Waals surface area contributed by atoms with E-state index in [0.717, 1.165) is 0 Å². The molecule has 0 aliphatic heterocycles. The second kappa shape index (κ2) is 6.31. The quantitative estimate of drug-likeness (QED) is 0.498. The lowest BCUT2D eigenvalue weighted by molar-refractivity contribution is -0.165. The van der Waals surface area contributed by atoms with E-state index in [2.05, 4.69) is 4.74 Å². The van der Waals surface area contributed by atoms with Crippen LogP contribution in [0.4, 0.5) is 17.6 Å². The van der Waals surface area contributed by atoms with Gasteiger partial charge in [-0.1, -0.05) is 18.2 Å². The van der Waals surface area contributed by atoms with E-state index >= 15 is 0 Å². The number of alkyl halides is 4. The molecule has 0 saturated carbocycles. The average molecular weight is 314 g/mol. The first-order valence-electron chi connectivity index (χ1n) is 5.27. The SMILES string of the molecule is O=C(OCCC(F)(F)C(F)(F)S(=O)O)c1ccccc1. The molecule has 0 fully saturated rings. The van der Waals surface area contributed by atoms with Crippen LogP contribution in [0.3, 0.4) is 0 Å². The van der Waals surface area contributed by atoms with Crippen molar-refractivity contribution in [3.8, 4) is 0 Å². The lowest BCUT2D eigenvalue weighted by Gasteiger charge is -2.22. The zero-order valence-corrected chi connectivity index (χ0v) is 10.7. The average Bonchev–Trinajstić information content (AvgIpc) is 2.39. The highest BCUT2D eigenvalue weighted by molar-refractivity contribution is 7.80. The standard InChI is InChI=1S/C11H10F4O4S/c12-10(13,11(14,15)20(17)18)6-7-19-9(16)8-4-2-1-3-5-8/h1-5H,6-7H2,(H,17,18). The number of hydrogen-bond donors (Lipinski definition) is 1. The second-order valence-corrected chi connectivity index (χ2v) is 4.73. The van der Waals surface area contributed by atoms with Crippen LogP contribution in [0.1, 0.15) is 16.8 Å². The van der Waals surface area contributed by atoms with Gasteiger partial charge in [0, 0.05) is 0 Å². The van der Waals surface area contributed by atoms with Gasteiger partial charge in [0.05, 0.1) is 18.6 Å². The molecule has 0 aromatic heterocycles. The van der Waals surface area contributed by atoms with E-state index < -0.39 is 41.3 Å². The number of hydrogen-bond acceptors (Lipinski definition) is 3. The van der Waals surface area contributed by atoms with Gasteiger partial charge in [0.15, 0.2) is 0 Å². The molecule has 1 unspecified atom stereocenters. The van der Waals surface area contributed by atoms with Gasteiger partial charge in [-0.3, -0.25) is 0 Å². The summed E-state index contributed by atoms with van der Waals surface area (Å²) >= 11 is -4.02. The molecule has 0 saturated heterocycles. The highest BCUT2D eigenvalue weighted by atomic mass is 32.2. The minimum atomic E-state index is -5.11. The van der Waals surface area contributed by atoms with E-state index in [9.17, 15) is 26.6 Å². The predicted octanol–water partition coefficient (Wildman–Crippen LogP) is 2.68. The van der Waals surface area contributed by atoms with Crippen molar-refractivity contribution >= 4 is 17.0 Å². The maximum absolute atomic E-state index is 13.0. The summed E-state index contributed by atoms with van der Waals surface area (Å²) in [7, 11) is 0. The summed E-state index contributed by atoms with van der Waals surface area (Å²) in [5.41, 5.74) is 0.0771. The Labute approximate surface area is 114 Å². The Morgan fingerprint density at radius 2 is 1.75 bits per heavy atom. The van der Waals surface area contributed by atoms with Crippen LogP contribution in [0.25, 0.3) is 0 Å². The van der Waals surface area contributed by atoms with Crippen molar-refractivity contribution in [2.45, 2.75) is 17.6 Å². The molecule has 0 spiro atoms. The number of carbonyl (C=O) groups excluding carboxylic acids is 1. The fourth-order valence-electron chi connectivity index (χ4n) is 1.20. The number of ether oxygens (including phenoxy) is 1. The third-order valence-corrected chi connectivity index (χ3v) is 3.04. The maximum Gasteiger partial charge on any atom is 0.406 e. The number of halogens is 4. The van der Waals surface area contributed by atoms with Crippen LogP contribution in [0, 0.1) is 0 Å². The molecule has 0 aliphatic carbocycles. The van der Waals surface area contributed by atoms with Crippen molar-refractivity contribution in [3.63, 3.8) is 0 Å². The van der Waals surface area contributed by atoms with Gasteiger partial charge in [-0.2, -0.15) is 17.6 Å². The van der Waals surface area contributed by atoms with Crippen LogP contribution < -0.4 is 0 Å². The molecule has 0 heterocycles. The summed E-state index contributed by atoms with van der Waals surface area (Å²) in [4.78, 5) is 11.4. The molecule has 9 heteroatoms. The summed E-state index contributed by atoms with van der Waals surface area (Å²) in [6.45, 7) is -1.01. The summed E-state index contributed by atoms with van der Waals surface area (Å²) in [5.74, 6) is -5.71. The molecule has 112 valence electrons.